The van der Waals surface area contributed by atoms with Gasteiger partial charge < -0.3 is 5.73 Å². The van der Waals surface area contributed by atoms with Crippen LogP contribution in [-0.2, 0) is 9.84 Å². The molecule has 1 heterocycles. The van der Waals surface area contributed by atoms with Crippen LogP contribution in [0.2, 0.25) is 0 Å². The van der Waals surface area contributed by atoms with Crippen LogP contribution in [0.15, 0.2) is 12.1 Å². The Bertz CT molecular complexity index is 767. The van der Waals surface area contributed by atoms with Crippen molar-refractivity contribution in [2.45, 2.75) is 26.8 Å². The summed E-state index contributed by atoms with van der Waals surface area (Å²) in [4.78, 5) is 0. The Hall–Kier alpha value is -1.96. The molecule has 1 aromatic heterocycles. The van der Waals surface area contributed by atoms with E-state index in [0.717, 1.165) is 16.7 Å². The SMILES string of the molecule is Cc1cc(C)c(-c2nnnn2C(C)CS(C)(=O)=O)cc1N. The molecule has 0 amide bonds. The van der Waals surface area contributed by atoms with E-state index in [9.17, 15) is 8.42 Å². The van der Waals surface area contributed by atoms with Gasteiger partial charge in [-0.3, -0.25) is 0 Å². The highest BCUT2D eigenvalue weighted by molar-refractivity contribution is 7.90. The van der Waals surface area contributed by atoms with E-state index in [1.165, 1.54) is 10.9 Å². The van der Waals surface area contributed by atoms with E-state index >= 15 is 0 Å². The Morgan fingerprint density at radius 2 is 1.95 bits per heavy atom. The summed E-state index contributed by atoms with van der Waals surface area (Å²) in [5, 5.41) is 11.6. The van der Waals surface area contributed by atoms with E-state index in [4.69, 9.17) is 5.73 Å². The van der Waals surface area contributed by atoms with E-state index in [-0.39, 0.29) is 11.8 Å². The van der Waals surface area contributed by atoms with Crippen molar-refractivity contribution >= 4 is 15.5 Å². The molecule has 0 saturated heterocycles. The van der Waals surface area contributed by atoms with Crippen LogP contribution in [0, 0.1) is 13.8 Å². The Labute approximate surface area is 124 Å². The molecule has 0 bridgehead atoms. The van der Waals surface area contributed by atoms with Crippen LogP contribution in [0.25, 0.3) is 11.4 Å². The molecule has 0 radical (unpaired) electrons. The molecule has 0 aliphatic carbocycles. The third kappa shape index (κ3) is 3.38. The summed E-state index contributed by atoms with van der Waals surface area (Å²) in [6, 6.07) is 3.43. The minimum Gasteiger partial charge on any atom is -0.398 e. The lowest BCUT2D eigenvalue weighted by molar-refractivity contribution is 0.509. The molecule has 2 N–H and O–H groups in total. The summed E-state index contributed by atoms with van der Waals surface area (Å²) in [6.07, 6.45) is 1.20. The van der Waals surface area contributed by atoms with Crippen LogP contribution in [0.4, 0.5) is 5.69 Å². The minimum absolute atomic E-state index is 0.0224. The molecule has 7 nitrogen and oxygen atoms in total. The number of hydrogen-bond acceptors (Lipinski definition) is 6. The zero-order chi connectivity index (χ0) is 15.8. The van der Waals surface area contributed by atoms with E-state index < -0.39 is 9.84 Å². The highest BCUT2D eigenvalue weighted by atomic mass is 32.2. The van der Waals surface area contributed by atoms with Gasteiger partial charge in [-0.1, -0.05) is 6.07 Å². The van der Waals surface area contributed by atoms with Crippen LogP contribution in [-0.4, -0.2) is 40.6 Å². The lowest BCUT2D eigenvalue weighted by Gasteiger charge is -2.14. The number of nitrogens with zero attached hydrogens (tertiary/aromatic N) is 4. The van der Waals surface area contributed by atoms with Crippen molar-refractivity contribution in [3.8, 4) is 11.4 Å². The maximum Gasteiger partial charge on any atom is 0.182 e. The second-order valence-corrected chi connectivity index (χ2v) is 7.60. The second-order valence-electron chi connectivity index (χ2n) is 5.41. The smallest absolute Gasteiger partial charge is 0.182 e. The Morgan fingerprint density at radius 1 is 1.29 bits per heavy atom. The number of benzene rings is 1. The molecule has 0 aliphatic heterocycles. The summed E-state index contributed by atoms with van der Waals surface area (Å²) in [5.41, 5.74) is 9.39. The minimum atomic E-state index is -3.11. The van der Waals surface area contributed by atoms with Gasteiger partial charge in [-0.05, 0) is 48.4 Å². The first-order valence-corrected chi connectivity index (χ1v) is 8.58. The molecular formula is C13H19N5O2S. The second kappa shape index (κ2) is 5.44. The number of nitrogen functional groups attached to an aromatic ring is 1. The van der Waals surface area contributed by atoms with E-state index in [1.807, 2.05) is 26.0 Å². The molecule has 2 rings (SSSR count). The number of sulfone groups is 1. The predicted molar refractivity (Wildman–Crippen MR) is 81.6 cm³/mol. The standard InChI is InChI=1S/C13H19N5O2S/c1-8-5-9(2)12(14)6-11(8)13-15-16-17-18(13)10(3)7-21(4,19)20/h5-6,10H,7,14H2,1-4H3. The average Bonchev–Trinajstić information content (AvgIpc) is 2.80. The van der Waals surface area contributed by atoms with Crippen molar-refractivity contribution in [2.75, 3.05) is 17.7 Å². The number of aromatic nitrogens is 4. The highest BCUT2D eigenvalue weighted by Crippen LogP contribution is 2.27. The summed E-state index contributed by atoms with van der Waals surface area (Å²) in [5.74, 6) is 0.501. The first-order chi connectivity index (χ1) is 9.69. The molecule has 0 spiro atoms. The van der Waals surface area contributed by atoms with Gasteiger partial charge in [-0.25, -0.2) is 13.1 Å². The molecule has 1 aromatic carbocycles. The van der Waals surface area contributed by atoms with Crippen molar-refractivity contribution in [2.24, 2.45) is 0 Å². The van der Waals surface area contributed by atoms with Gasteiger partial charge in [0.2, 0.25) is 0 Å². The van der Waals surface area contributed by atoms with Gasteiger partial charge >= 0.3 is 0 Å². The molecule has 8 heteroatoms. The summed E-state index contributed by atoms with van der Waals surface area (Å²) < 4.78 is 24.4. The van der Waals surface area contributed by atoms with Gasteiger partial charge in [0.05, 0.1) is 11.8 Å². The lowest BCUT2D eigenvalue weighted by atomic mass is 10.0. The average molecular weight is 309 g/mol. The van der Waals surface area contributed by atoms with Crippen LogP contribution < -0.4 is 5.73 Å². The molecule has 21 heavy (non-hydrogen) atoms. The van der Waals surface area contributed by atoms with Gasteiger partial charge in [-0.2, -0.15) is 0 Å². The van der Waals surface area contributed by atoms with Crippen molar-refractivity contribution in [3.63, 3.8) is 0 Å². The maximum absolute atomic E-state index is 11.4. The monoisotopic (exact) mass is 309 g/mol. The molecule has 0 fully saturated rings. The third-order valence-electron chi connectivity index (χ3n) is 3.31. The highest BCUT2D eigenvalue weighted by Gasteiger charge is 2.20. The normalized spacial score (nSPS) is 13.3. The molecule has 2 aromatic rings. The molecular weight excluding hydrogens is 290 g/mol. The number of rotatable bonds is 4. The largest absolute Gasteiger partial charge is 0.398 e. The first kappa shape index (κ1) is 15.4. The topological polar surface area (TPSA) is 104 Å². The first-order valence-electron chi connectivity index (χ1n) is 6.51. The fourth-order valence-corrected chi connectivity index (χ4v) is 3.30. The number of aryl methyl sites for hydroxylation is 2. The number of hydrogen-bond donors (Lipinski definition) is 1. The van der Waals surface area contributed by atoms with Crippen molar-refractivity contribution in [3.05, 3.63) is 23.3 Å². The Balaban J connectivity index is 2.48. The molecule has 114 valence electrons. The summed E-state index contributed by atoms with van der Waals surface area (Å²) >= 11 is 0. The van der Waals surface area contributed by atoms with Gasteiger partial charge in [0.15, 0.2) is 5.82 Å². The van der Waals surface area contributed by atoms with Crippen molar-refractivity contribution in [1.29, 1.82) is 0 Å². The summed E-state index contributed by atoms with van der Waals surface area (Å²) in [7, 11) is -3.11. The third-order valence-corrected chi connectivity index (χ3v) is 4.40. The van der Waals surface area contributed by atoms with Crippen molar-refractivity contribution in [1.82, 2.24) is 20.2 Å². The van der Waals surface area contributed by atoms with Crippen LogP contribution >= 0.6 is 0 Å². The fourth-order valence-electron chi connectivity index (χ4n) is 2.29. The summed E-state index contributed by atoms with van der Waals surface area (Å²) in [6.45, 7) is 5.65. The zero-order valence-electron chi connectivity index (χ0n) is 12.5. The van der Waals surface area contributed by atoms with Crippen LogP contribution in [0.5, 0.6) is 0 Å². The number of tetrazole rings is 1. The molecule has 0 aliphatic rings. The van der Waals surface area contributed by atoms with Gasteiger partial charge in [0.1, 0.15) is 9.84 Å². The maximum atomic E-state index is 11.4. The number of anilines is 1. The lowest BCUT2D eigenvalue weighted by Crippen LogP contribution is -2.18. The molecule has 1 atom stereocenters. The van der Waals surface area contributed by atoms with Gasteiger partial charge in [0, 0.05) is 17.5 Å². The van der Waals surface area contributed by atoms with E-state index in [1.54, 1.807) is 6.92 Å². The Kier molecular flexibility index (Phi) is 3.99. The molecule has 1 unspecified atom stereocenters. The van der Waals surface area contributed by atoms with Crippen LogP contribution in [0.1, 0.15) is 24.1 Å². The number of nitrogens with two attached hydrogens (primary N) is 1. The van der Waals surface area contributed by atoms with Crippen molar-refractivity contribution < 1.29 is 8.42 Å². The molecule has 0 saturated carbocycles. The van der Waals surface area contributed by atoms with E-state index in [0.29, 0.717) is 11.5 Å². The van der Waals surface area contributed by atoms with Gasteiger partial charge in [0.25, 0.3) is 0 Å². The van der Waals surface area contributed by atoms with E-state index in [2.05, 4.69) is 15.5 Å². The quantitative estimate of drug-likeness (QED) is 0.849. The Morgan fingerprint density at radius 3 is 2.57 bits per heavy atom. The zero-order valence-corrected chi connectivity index (χ0v) is 13.3. The van der Waals surface area contributed by atoms with Gasteiger partial charge in [-0.15, -0.1) is 5.10 Å². The predicted octanol–water partition coefficient (Wildman–Crippen LogP) is 1.14. The van der Waals surface area contributed by atoms with Crippen LogP contribution in [0.3, 0.4) is 0 Å². The fraction of sp³-hybridized carbons (Fsp3) is 0.462.